The summed E-state index contributed by atoms with van der Waals surface area (Å²) in [6.07, 6.45) is 0.978. The van der Waals surface area contributed by atoms with E-state index in [9.17, 15) is 4.79 Å². The van der Waals surface area contributed by atoms with Crippen LogP contribution in [-0.2, 0) is 4.79 Å². The molecule has 0 aromatic heterocycles. The minimum Gasteiger partial charge on any atom is -0.349 e. The van der Waals surface area contributed by atoms with E-state index in [4.69, 9.17) is 11.6 Å². The lowest BCUT2D eigenvalue weighted by atomic mass is 9.93. The first-order chi connectivity index (χ1) is 8.54. The SMILES string of the molecule is CC(C)(CCl)C(=O)NC1CCSc2ccccc21. The van der Waals surface area contributed by atoms with Crippen LogP contribution in [-0.4, -0.2) is 17.5 Å². The van der Waals surface area contributed by atoms with Crippen LogP contribution in [0.5, 0.6) is 0 Å². The Balaban J connectivity index is 2.15. The first kappa shape index (κ1) is 13.8. The Kier molecular flexibility index (Phi) is 4.23. The standard InChI is InChI=1S/C14H18ClNOS/c1-14(2,9-15)13(17)16-11-7-8-18-12-6-4-3-5-10(11)12/h3-6,11H,7-9H2,1-2H3,(H,16,17). The molecule has 1 amide bonds. The summed E-state index contributed by atoms with van der Waals surface area (Å²) in [6.45, 7) is 3.75. The van der Waals surface area contributed by atoms with Crippen molar-refractivity contribution in [3.8, 4) is 0 Å². The van der Waals surface area contributed by atoms with Crippen molar-refractivity contribution in [2.45, 2.75) is 31.2 Å². The molecule has 1 aliphatic rings. The number of thioether (sulfide) groups is 1. The van der Waals surface area contributed by atoms with Crippen molar-refractivity contribution < 1.29 is 4.79 Å². The molecule has 1 aromatic rings. The van der Waals surface area contributed by atoms with E-state index in [0.29, 0.717) is 5.88 Å². The van der Waals surface area contributed by atoms with Crippen LogP contribution in [0.3, 0.4) is 0 Å². The summed E-state index contributed by atoms with van der Waals surface area (Å²) in [5.74, 6) is 1.41. The maximum Gasteiger partial charge on any atom is 0.227 e. The molecule has 18 heavy (non-hydrogen) atoms. The van der Waals surface area contributed by atoms with E-state index in [1.165, 1.54) is 10.5 Å². The highest BCUT2D eigenvalue weighted by Gasteiger charge is 2.30. The number of benzene rings is 1. The number of hydrogen-bond acceptors (Lipinski definition) is 2. The molecule has 1 N–H and O–H groups in total. The molecule has 0 saturated carbocycles. The molecule has 1 atom stereocenters. The van der Waals surface area contributed by atoms with Crippen LogP contribution < -0.4 is 5.32 Å². The summed E-state index contributed by atoms with van der Waals surface area (Å²) in [4.78, 5) is 13.4. The maximum absolute atomic E-state index is 12.2. The zero-order valence-electron chi connectivity index (χ0n) is 10.7. The van der Waals surface area contributed by atoms with Gasteiger partial charge in [-0.2, -0.15) is 0 Å². The molecule has 1 unspecified atom stereocenters. The topological polar surface area (TPSA) is 29.1 Å². The quantitative estimate of drug-likeness (QED) is 0.859. The third kappa shape index (κ3) is 2.83. The van der Waals surface area contributed by atoms with Gasteiger partial charge in [0.1, 0.15) is 0 Å². The molecule has 0 spiro atoms. The van der Waals surface area contributed by atoms with Gasteiger partial charge < -0.3 is 5.32 Å². The van der Waals surface area contributed by atoms with E-state index in [2.05, 4.69) is 17.4 Å². The Morgan fingerprint density at radius 2 is 2.22 bits per heavy atom. The van der Waals surface area contributed by atoms with Gasteiger partial charge in [0, 0.05) is 16.5 Å². The fourth-order valence-electron chi connectivity index (χ4n) is 1.91. The largest absolute Gasteiger partial charge is 0.349 e. The predicted molar refractivity (Wildman–Crippen MR) is 77.2 cm³/mol. The normalized spacial score (nSPS) is 19.2. The van der Waals surface area contributed by atoms with Crippen molar-refractivity contribution in [2.24, 2.45) is 5.41 Å². The predicted octanol–water partition coefficient (Wildman–Crippen LogP) is 3.60. The van der Waals surface area contributed by atoms with Crippen molar-refractivity contribution in [1.82, 2.24) is 5.32 Å². The second kappa shape index (κ2) is 5.54. The zero-order valence-corrected chi connectivity index (χ0v) is 12.3. The van der Waals surface area contributed by atoms with E-state index in [0.717, 1.165) is 12.2 Å². The molecule has 0 saturated heterocycles. The number of carbonyl (C=O) groups excluding carboxylic acids is 1. The molecular weight excluding hydrogens is 266 g/mol. The van der Waals surface area contributed by atoms with Crippen LogP contribution >= 0.6 is 23.4 Å². The first-order valence-corrected chi connectivity index (χ1v) is 7.65. The molecule has 0 radical (unpaired) electrons. The number of alkyl halides is 1. The van der Waals surface area contributed by atoms with Crippen molar-refractivity contribution in [1.29, 1.82) is 0 Å². The van der Waals surface area contributed by atoms with Crippen LogP contribution in [0.1, 0.15) is 31.9 Å². The average Bonchev–Trinajstić information content (AvgIpc) is 2.39. The van der Waals surface area contributed by atoms with Crippen molar-refractivity contribution in [2.75, 3.05) is 11.6 Å². The molecule has 0 fully saturated rings. The summed E-state index contributed by atoms with van der Waals surface area (Å²) in [6, 6.07) is 8.40. The molecule has 0 bridgehead atoms. The van der Waals surface area contributed by atoms with Gasteiger partial charge in [-0.3, -0.25) is 4.79 Å². The molecule has 0 aliphatic carbocycles. The van der Waals surface area contributed by atoms with Gasteiger partial charge in [0.25, 0.3) is 0 Å². The Morgan fingerprint density at radius 3 is 2.94 bits per heavy atom. The average molecular weight is 284 g/mol. The van der Waals surface area contributed by atoms with E-state index in [1.807, 2.05) is 37.7 Å². The summed E-state index contributed by atoms with van der Waals surface area (Å²) in [7, 11) is 0. The molecule has 1 heterocycles. The van der Waals surface area contributed by atoms with Gasteiger partial charge in [0.2, 0.25) is 5.91 Å². The molecule has 98 valence electrons. The second-order valence-electron chi connectivity index (χ2n) is 5.22. The minimum absolute atomic E-state index is 0.0317. The van der Waals surface area contributed by atoms with Crippen LogP contribution in [0.25, 0.3) is 0 Å². The molecular formula is C14H18ClNOS. The van der Waals surface area contributed by atoms with Gasteiger partial charge >= 0.3 is 0 Å². The fourth-order valence-corrected chi connectivity index (χ4v) is 3.15. The number of amides is 1. The summed E-state index contributed by atoms with van der Waals surface area (Å²) in [5.41, 5.74) is 0.716. The number of carbonyl (C=O) groups is 1. The summed E-state index contributed by atoms with van der Waals surface area (Å²) >= 11 is 7.70. The third-order valence-electron chi connectivity index (χ3n) is 3.21. The first-order valence-electron chi connectivity index (χ1n) is 6.13. The van der Waals surface area contributed by atoms with Crippen LogP contribution in [0, 0.1) is 5.41 Å². The number of hydrogen-bond donors (Lipinski definition) is 1. The molecule has 2 nitrogen and oxygen atoms in total. The minimum atomic E-state index is -0.513. The zero-order chi connectivity index (χ0) is 13.2. The van der Waals surface area contributed by atoms with Gasteiger partial charge in [-0.05, 0) is 31.9 Å². The fraction of sp³-hybridized carbons (Fsp3) is 0.500. The van der Waals surface area contributed by atoms with Crippen LogP contribution in [0.2, 0.25) is 0 Å². The van der Waals surface area contributed by atoms with Crippen LogP contribution in [0.15, 0.2) is 29.2 Å². The molecule has 1 aliphatic heterocycles. The molecule has 2 rings (SSSR count). The van der Waals surface area contributed by atoms with E-state index in [1.54, 1.807) is 0 Å². The van der Waals surface area contributed by atoms with Gasteiger partial charge in [-0.25, -0.2) is 0 Å². The van der Waals surface area contributed by atoms with E-state index < -0.39 is 5.41 Å². The Hall–Kier alpha value is -0.670. The molecule has 1 aromatic carbocycles. The van der Waals surface area contributed by atoms with Crippen molar-refractivity contribution >= 4 is 29.3 Å². The Morgan fingerprint density at radius 1 is 1.50 bits per heavy atom. The van der Waals surface area contributed by atoms with E-state index in [-0.39, 0.29) is 11.9 Å². The van der Waals surface area contributed by atoms with Crippen LogP contribution in [0.4, 0.5) is 0 Å². The van der Waals surface area contributed by atoms with Gasteiger partial charge in [-0.1, -0.05) is 18.2 Å². The van der Waals surface area contributed by atoms with Gasteiger partial charge in [-0.15, -0.1) is 23.4 Å². The maximum atomic E-state index is 12.2. The number of fused-ring (bicyclic) bond motifs is 1. The second-order valence-corrected chi connectivity index (χ2v) is 6.62. The Bertz CT molecular complexity index is 447. The third-order valence-corrected chi connectivity index (χ3v) is 5.00. The monoisotopic (exact) mass is 283 g/mol. The smallest absolute Gasteiger partial charge is 0.227 e. The Labute approximate surface area is 117 Å². The lowest BCUT2D eigenvalue weighted by molar-refractivity contribution is -0.129. The summed E-state index contributed by atoms with van der Waals surface area (Å²) < 4.78 is 0. The van der Waals surface area contributed by atoms with Crippen molar-refractivity contribution in [3.05, 3.63) is 29.8 Å². The number of nitrogens with one attached hydrogen (secondary N) is 1. The molecule has 4 heteroatoms. The van der Waals surface area contributed by atoms with Gasteiger partial charge in [0.05, 0.1) is 11.5 Å². The lowest BCUT2D eigenvalue weighted by Gasteiger charge is -2.29. The number of rotatable bonds is 3. The number of halogens is 1. The van der Waals surface area contributed by atoms with E-state index >= 15 is 0 Å². The highest BCUT2D eigenvalue weighted by Crippen LogP contribution is 2.36. The highest BCUT2D eigenvalue weighted by molar-refractivity contribution is 7.99. The van der Waals surface area contributed by atoms with Crippen molar-refractivity contribution in [3.63, 3.8) is 0 Å². The highest BCUT2D eigenvalue weighted by atomic mass is 35.5. The van der Waals surface area contributed by atoms with Gasteiger partial charge in [0.15, 0.2) is 0 Å². The lowest BCUT2D eigenvalue weighted by Crippen LogP contribution is -2.41. The summed E-state index contributed by atoms with van der Waals surface area (Å²) in [5, 5.41) is 3.13.